The summed E-state index contributed by atoms with van der Waals surface area (Å²) in [5.41, 5.74) is 3.60. The minimum Gasteiger partial charge on any atom is -0.374 e. The van der Waals surface area contributed by atoms with Crippen LogP contribution in [-0.4, -0.2) is 40.2 Å². The van der Waals surface area contributed by atoms with E-state index in [0.29, 0.717) is 0 Å². The summed E-state index contributed by atoms with van der Waals surface area (Å²) in [5, 5.41) is 1.19. The zero-order valence-electron chi connectivity index (χ0n) is 13.2. The van der Waals surface area contributed by atoms with Gasteiger partial charge in [-0.3, -0.25) is 0 Å². The van der Waals surface area contributed by atoms with Crippen molar-refractivity contribution < 1.29 is 4.74 Å². The van der Waals surface area contributed by atoms with Gasteiger partial charge in [0, 0.05) is 18.8 Å². The number of aromatic nitrogens is 3. The molecule has 116 valence electrons. The predicted octanol–water partition coefficient (Wildman–Crippen LogP) is 2.58. The molecule has 1 aliphatic carbocycles. The summed E-state index contributed by atoms with van der Waals surface area (Å²) in [4.78, 5) is 14.8. The van der Waals surface area contributed by atoms with Crippen molar-refractivity contribution in [1.82, 2.24) is 15.0 Å². The molecule has 2 atom stereocenters. The minimum absolute atomic E-state index is 0.191. The molecule has 1 saturated carbocycles. The molecular formula is C17H22N4O. The molecule has 2 aromatic rings. The van der Waals surface area contributed by atoms with Crippen LogP contribution < -0.4 is 4.90 Å². The molecule has 3 aliphatic rings. The SMILES string of the molecule is Cc1[nH]c2ncnc(N3CCC4(CC3)OCC3CC34)c2c1C. The molecule has 5 rings (SSSR count). The number of anilines is 1. The van der Waals surface area contributed by atoms with Gasteiger partial charge in [-0.05, 0) is 50.5 Å². The lowest BCUT2D eigenvalue weighted by Gasteiger charge is -2.40. The number of nitrogens with zero attached hydrogens (tertiary/aromatic N) is 3. The maximum Gasteiger partial charge on any atom is 0.143 e. The molecule has 0 radical (unpaired) electrons. The fraction of sp³-hybridized carbons (Fsp3) is 0.647. The summed E-state index contributed by atoms with van der Waals surface area (Å²) in [7, 11) is 0. The van der Waals surface area contributed by atoms with Crippen molar-refractivity contribution in [3.8, 4) is 0 Å². The lowest BCUT2D eigenvalue weighted by Crippen LogP contribution is -2.46. The molecule has 5 nitrogen and oxygen atoms in total. The molecule has 2 aromatic heterocycles. The van der Waals surface area contributed by atoms with Gasteiger partial charge in [0.2, 0.25) is 0 Å². The highest BCUT2D eigenvalue weighted by Gasteiger charge is 2.59. The average Bonchev–Trinajstić information content (AvgIpc) is 3.18. The van der Waals surface area contributed by atoms with E-state index in [4.69, 9.17) is 4.74 Å². The van der Waals surface area contributed by atoms with E-state index in [1.54, 1.807) is 6.33 Å². The quantitative estimate of drug-likeness (QED) is 0.879. The van der Waals surface area contributed by atoms with E-state index >= 15 is 0 Å². The molecule has 2 unspecified atom stereocenters. The number of rotatable bonds is 1. The molecule has 0 aromatic carbocycles. The predicted molar refractivity (Wildman–Crippen MR) is 85.1 cm³/mol. The van der Waals surface area contributed by atoms with Gasteiger partial charge in [-0.15, -0.1) is 0 Å². The largest absolute Gasteiger partial charge is 0.374 e. The highest BCUT2D eigenvalue weighted by atomic mass is 16.5. The molecule has 1 N–H and O–H groups in total. The normalized spacial score (nSPS) is 29.3. The van der Waals surface area contributed by atoms with Crippen molar-refractivity contribution in [2.24, 2.45) is 11.8 Å². The zero-order chi connectivity index (χ0) is 14.9. The van der Waals surface area contributed by atoms with Gasteiger partial charge in [-0.2, -0.15) is 0 Å². The highest BCUT2D eigenvalue weighted by Crippen LogP contribution is 2.58. The number of aromatic amines is 1. The molecule has 2 saturated heterocycles. The first-order valence-electron chi connectivity index (χ1n) is 8.37. The Balaban J connectivity index is 1.46. The minimum atomic E-state index is 0.191. The fourth-order valence-corrected chi connectivity index (χ4v) is 4.58. The summed E-state index contributed by atoms with van der Waals surface area (Å²) in [6.45, 7) is 7.34. The smallest absolute Gasteiger partial charge is 0.143 e. The van der Waals surface area contributed by atoms with E-state index in [2.05, 4.69) is 33.7 Å². The summed E-state index contributed by atoms with van der Waals surface area (Å²) >= 11 is 0. The third-order valence-corrected chi connectivity index (χ3v) is 6.16. The van der Waals surface area contributed by atoms with E-state index in [-0.39, 0.29) is 5.60 Å². The Morgan fingerprint density at radius 2 is 2.09 bits per heavy atom. The molecule has 0 amide bonds. The van der Waals surface area contributed by atoms with Crippen molar-refractivity contribution in [2.45, 2.75) is 38.7 Å². The van der Waals surface area contributed by atoms with E-state index in [1.165, 1.54) is 23.1 Å². The fourth-order valence-electron chi connectivity index (χ4n) is 4.58. The molecule has 4 heterocycles. The molecule has 2 aliphatic heterocycles. The summed E-state index contributed by atoms with van der Waals surface area (Å²) in [6.07, 6.45) is 5.36. The van der Waals surface area contributed by atoms with Gasteiger partial charge < -0.3 is 14.6 Å². The van der Waals surface area contributed by atoms with Crippen molar-refractivity contribution >= 4 is 16.9 Å². The van der Waals surface area contributed by atoms with Gasteiger partial charge in [0.25, 0.3) is 0 Å². The van der Waals surface area contributed by atoms with E-state index in [1.807, 2.05) is 0 Å². The standard InChI is InChI=1S/C17H22N4O/c1-10-11(2)20-15-14(10)16(19-9-18-15)21-5-3-17(4-6-21)13-7-12(13)8-22-17/h9,12-13H,3-8H2,1-2H3,(H,18,19,20). The van der Waals surface area contributed by atoms with Crippen LogP contribution in [0.5, 0.6) is 0 Å². The number of piperidine rings is 1. The van der Waals surface area contributed by atoms with Crippen LogP contribution >= 0.6 is 0 Å². The van der Waals surface area contributed by atoms with E-state index in [0.717, 1.165) is 55.8 Å². The van der Waals surface area contributed by atoms with Crippen LogP contribution in [0.3, 0.4) is 0 Å². The molecular weight excluding hydrogens is 276 g/mol. The van der Waals surface area contributed by atoms with E-state index < -0.39 is 0 Å². The maximum atomic E-state index is 6.18. The number of ether oxygens (including phenoxy) is 1. The molecule has 0 bridgehead atoms. The second-order valence-corrected chi connectivity index (χ2v) is 7.26. The number of hydrogen-bond donors (Lipinski definition) is 1. The number of H-pyrrole nitrogens is 1. The summed E-state index contributed by atoms with van der Waals surface area (Å²) in [5.74, 6) is 2.80. The Morgan fingerprint density at radius 1 is 1.27 bits per heavy atom. The Labute approximate surface area is 130 Å². The van der Waals surface area contributed by atoms with E-state index in [9.17, 15) is 0 Å². The lowest BCUT2D eigenvalue weighted by atomic mass is 9.86. The number of fused-ring (bicyclic) bond motifs is 3. The van der Waals surface area contributed by atoms with Crippen LogP contribution in [-0.2, 0) is 4.74 Å². The van der Waals surface area contributed by atoms with Crippen LogP contribution in [0.25, 0.3) is 11.0 Å². The third-order valence-electron chi connectivity index (χ3n) is 6.16. The molecule has 3 fully saturated rings. The van der Waals surface area contributed by atoms with Gasteiger partial charge in [0.15, 0.2) is 0 Å². The second-order valence-electron chi connectivity index (χ2n) is 7.26. The van der Waals surface area contributed by atoms with Crippen LogP contribution in [0, 0.1) is 25.7 Å². The van der Waals surface area contributed by atoms with Gasteiger partial charge in [-0.25, -0.2) is 9.97 Å². The maximum absolute atomic E-state index is 6.18. The Bertz CT molecular complexity index is 744. The number of hydrogen-bond acceptors (Lipinski definition) is 4. The van der Waals surface area contributed by atoms with Crippen LogP contribution in [0.2, 0.25) is 0 Å². The van der Waals surface area contributed by atoms with Crippen molar-refractivity contribution in [2.75, 3.05) is 24.6 Å². The summed E-state index contributed by atoms with van der Waals surface area (Å²) < 4.78 is 6.18. The van der Waals surface area contributed by atoms with Crippen molar-refractivity contribution in [1.29, 1.82) is 0 Å². The number of nitrogens with one attached hydrogen (secondary N) is 1. The average molecular weight is 298 g/mol. The first-order chi connectivity index (χ1) is 10.7. The monoisotopic (exact) mass is 298 g/mol. The molecule has 1 spiro atoms. The summed E-state index contributed by atoms with van der Waals surface area (Å²) in [6, 6.07) is 0. The number of aryl methyl sites for hydroxylation is 2. The molecule has 22 heavy (non-hydrogen) atoms. The highest BCUT2D eigenvalue weighted by molar-refractivity contribution is 5.91. The Hall–Kier alpha value is -1.62. The first kappa shape index (κ1) is 12.9. The van der Waals surface area contributed by atoms with Gasteiger partial charge in [0.1, 0.15) is 17.8 Å². The zero-order valence-corrected chi connectivity index (χ0v) is 13.2. The van der Waals surface area contributed by atoms with Crippen LogP contribution in [0.1, 0.15) is 30.5 Å². The van der Waals surface area contributed by atoms with Gasteiger partial charge in [0.05, 0.1) is 17.6 Å². The lowest BCUT2D eigenvalue weighted by molar-refractivity contribution is -0.0420. The second kappa shape index (κ2) is 4.22. The first-order valence-corrected chi connectivity index (χ1v) is 8.37. The van der Waals surface area contributed by atoms with Gasteiger partial charge in [-0.1, -0.05) is 0 Å². The van der Waals surface area contributed by atoms with Crippen molar-refractivity contribution in [3.05, 3.63) is 17.6 Å². The van der Waals surface area contributed by atoms with Crippen LogP contribution in [0.4, 0.5) is 5.82 Å². The van der Waals surface area contributed by atoms with Gasteiger partial charge >= 0.3 is 0 Å². The molecule has 5 heteroatoms. The third kappa shape index (κ3) is 1.63. The Morgan fingerprint density at radius 3 is 2.77 bits per heavy atom. The van der Waals surface area contributed by atoms with Crippen molar-refractivity contribution in [3.63, 3.8) is 0 Å². The topological polar surface area (TPSA) is 54.0 Å². The Kier molecular flexibility index (Phi) is 2.47. The van der Waals surface area contributed by atoms with Crippen LogP contribution in [0.15, 0.2) is 6.33 Å².